The van der Waals surface area contributed by atoms with Gasteiger partial charge in [-0.25, -0.2) is 4.99 Å². The second kappa shape index (κ2) is 12.3. The van der Waals surface area contributed by atoms with Gasteiger partial charge in [0.25, 0.3) is 0 Å². The van der Waals surface area contributed by atoms with Crippen LogP contribution >= 0.6 is 0 Å². The molecule has 11 rings (SSSR count). The molecule has 10 aromatic rings. The molecule has 54 heavy (non-hydrogen) atoms. The molecule has 8 aromatic carbocycles. The lowest BCUT2D eigenvalue weighted by molar-refractivity contribution is 0.411. The van der Waals surface area contributed by atoms with Crippen LogP contribution in [0.3, 0.4) is 0 Å². The molecule has 1 aliphatic rings. The van der Waals surface area contributed by atoms with Crippen LogP contribution in [0.5, 0.6) is 0 Å². The minimum Gasteiger partial charge on any atom is -0.456 e. The summed E-state index contributed by atoms with van der Waals surface area (Å²) in [5.41, 5.74) is 11.1. The SMILES string of the molecule is c1ccc(C2=NC(c3ccccc3)NC(c3ccc(-c4cc(-c5cccc6c5oc5ccccc56)cc5oc6ccccc6c45)c4ccccc34)N2)cc1. The summed E-state index contributed by atoms with van der Waals surface area (Å²) in [5.74, 6) is 0.861. The summed E-state index contributed by atoms with van der Waals surface area (Å²) >= 11 is 0. The predicted molar refractivity (Wildman–Crippen MR) is 221 cm³/mol. The molecule has 1 aliphatic heterocycles. The number of hydrogen-bond acceptors (Lipinski definition) is 5. The lowest BCUT2D eigenvalue weighted by Crippen LogP contribution is -2.45. The van der Waals surface area contributed by atoms with Crippen LogP contribution < -0.4 is 10.6 Å². The van der Waals surface area contributed by atoms with Crippen LogP contribution in [-0.4, -0.2) is 5.84 Å². The van der Waals surface area contributed by atoms with Crippen molar-refractivity contribution in [1.82, 2.24) is 10.6 Å². The Morgan fingerprint density at radius 1 is 0.444 bits per heavy atom. The molecule has 2 unspecified atom stereocenters. The van der Waals surface area contributed by atoms with Gasteiger partial charge in [-0.2, -0.15) is 0 Å². The van der Waals surface area contributed by atoms with Gasteiger partial charge >= 0.3 is 0 Å². The smallest absolute Gasteiger partial charge is 0.143 e. The monoisotopic (exact) mass is 695 g/mol. The Bertz CT molecular complexity index is 3070. The summed E-state index contributed by atoms with van der Waals surface area (Å²) in [6, 6.07) is 61.5. The summed E-state index contributed by atoms with van der Waals surface area (Å²) in [4.78, 5) is 5.15. The molecule has 2 aromatic heterocycles. The van der Waals surface area contributed by atoms with E-state index in [-0.39, 0.29) is 12.3 Å². The Morgan fingerprint density at radius 2 is 1.11 bits per heavy atom. The summed E-state index contributed by atoms with van der Waals surface area (Å²) < 4.78 is 13.2. The van der Waals surface area contributed by atoms with Crippen molar-refractivity contribution in [2.24, 2.45) is 4.99 Å². The quantitative estimate of drug-likeness (QED) is 0.188. The molecule has 3 heterocycles. The van der Waals surface area contributed by atoms with Gasteiger partial charge in [0.15, 0.2) is 0 Å². The maximum Gasteiger partial charge on any atom is 0.143 e. The van der Waals surface area contributed by atoms with Crippen LogP contribution in [-0.2, 0) is 0 Å². The van der Waals surface area contributed by atoms with Crippen molar-refractivity contribution >= 4 is 60.5 Å². The highest BCUT2D eigenvalue weighted by Gasteiger charge is 2.27. The van der Waals surface area contributed by atoms with E-state index in [1.54, 1.807) is 0 Å². The fourth-order valence-corrected chi connectivity index (χ4v) is 8.27. The van der Waals surface area contributed by atoms with Crippen LogP contribution in [0.1, 0.15) is 29.0 Å². The van der Waals surface area contributed by atoms with Gasteiger partial charge in [-0.1, -0.05) is 152 Å². The number of para-hydroxylation sites is 3. The average Bonchev–Trinajstić information content (AvgIpc) is 3.82. The Morgan fingerprint density at radius 3 is 1.93 bits per heavy atom. The average molecular weight is 696 g/mol. The number of fused-ring (bicyclic) bond motifs is 7. The van der Waals surface area contributed by atoms with Crippen molar-refractivity contribution < 1.29 is 8.83 Å². The van der Waals surface area contributed by atoms with E-state index in [9.17, 15) is 0 Å². The minimum atomic E-state index is -0.222. The van der Waals surface area contributed by atoms with Gasteiger partial charge in [-0.3, -0.25) is 5.32 Å². The van der Waals surface area contributed by atoms with Gasteiger partial charge in [0, 0.05) is 32.7 Å². The molecule has 0 saturated carbocycles. The highest BCUT2D eigenvalue weighted by molar-refractivity contribution is 6.18. The number of rotatable bonds is 5. The van der Waals surface area contributed by atoms with Crippen molar-refractivity contribution in [2.45, 2.75) is 12.3 Å². The second-order valence-corrected chi connectivity index (χ2v) is 13.9. The van der Waals surface area contributed by atoms with Gasteiger partial charge < -0.3 is 14.2 Å². The molecule has 256 valence electrons. The number of hydrogen-bond donors (Lipinski definition) is 2. The first kappa shape index (κ1) is 30.7. The van der Waals surface area contributed by atoms with Gasteiger partial charge in [0.2, 0.25) is 0 Å². The largest absolute Gasteiger partial charge is 0.456 e. The molecule has 2 atom stereocenters. The van der Waals surface area contributed by atoms with Gasteiger partial charge in [0.05, 0.1) is 0 Å². The van der Waals surface area contributed by atoms with Crippen molar-refractivity contribution in [3.63, 3.8) is 0 Å². The fraction of sp³-hybridized carbons (Fsp3) is 0.0408. The van der Waals surface area contributed by atoms with E-state index < -0.39 is 0 Å². The Balaban J connectivity index is 1.11. The predicted octanol–water partition coefficient (Wildman–Crippen LogP) is 12.3. The molecule has 0 fully saturated rings. The first-order valence-electron chi connectivity index (χ1n) is 18.4. The molecular weight excluding hydrogens is 663 g/mol. The molecule has 0 bridgehead atoms. The van der Waals surface area contributed by atoms with E-state index in [1.807, 2.05) is 30.3 Å². The maximum atomic E-state index is 6.62. The number of nitrogens with zero attached hydrogens (tertiary/aromatic N) is 1. The number of benzene rings is 8. The Kier molecular flexibility index (Phi) is 7.00. The van der Waals surface area contributed by atoms with Crippen molar-refractivity contribution in [3.8, 4) is 22.3 Å². The number of furan rings is 2. The third-order valence-corrected chi connectivity index (χ3v) is 10.8. The Hall–Kier alpha value is -6.95. The molecule has 5 nitrogen and oxygen atoms in total. The molecule has 0 amide bonds. The van der Waals surface area contributed by atoms with Crippen LogP contribution in [0.25, 0.3) is 76.9 Å². The van der Waals surface area contributed by atoms with Gasteiger partial charge in [-0.15, -0.1) is 0 Å². The first-order valence-corrected chi connectivity index (χ1v) is 18.4. The summed E-state index contributed by atoms with van der Waals surface area (Å²) in [7, 11) is 0. The standard InChI is InChI=1S/C49H33N3O2/c1-3-14-30(15-4-1)47-50-48(31-16-5-2-6-17-31)52-49(51-47)39-27-26-36(34-18-7-8-19-35(34)39)41-28-32(29-44-45(41)40-21-10-12-25-43(40)53-44)33-22-13-23-38-37-20-9-11-24-42(37)54-46(33)38/h1-29,47,49,51H,(H,50,52). The van der Waals surface area contributed by atoms with E-state index in [2.05, 4.69) is 156 Å². The molecular formula is C49H33N3O2. The fourth-order valence-electron chi connectivity index (χ4n) is 8.27. The van der Waals surface area contributed by atoms with Crippen LogP contribution in [0.15, 0.2) is 190 Å². The van der Waals surface area contributed by atoms with Crippen molar-refractivity contribution in [3.05, 3.63) is 193 Å². The maximum absolute atomic E-state index is 6.62. The molecule has 2 N–H and O–H groups in total. The van der Waals surface area contributed by atoms with Crippen molar-refractivity contribution in [2.75, 3.05) is 0 Å². The zero-order valence-corrected chi connectivity index (χ0v) is 29.2. The highest BCUT2D eigenvalue weighted by atomic mass is 16.3. The van der Waals surface area contributed by atoms with E-state index in [0.717, 1.165) is 99.4 Å². The number of amidine groups is 1. The van der Waals surface area contributed by atoms with E-state index in [1.165, 1.54) is 0 Å². The lowest BCUT2D eigenvalue weighted by atomic mass is 9.89. The number of aliphatic imine (C=N–C) groups is 1. The molecule has 5 heteroatoms. The van der Waals surface area contributed by atoms with Crippen molar-refractivity contribution in [1.29, 1.82) is 0 Å². The topological polar surface area (TPSA) is 62.7 Å². The Labute approximate surface area is 311 Å². The zero-order valence-electron chi connectivity index (χ0n) is 29.2. The minimum absolute atomic E-state index is 0.200. The van der Waals surface area contributed by atoms with E-state index in [0.29, 0.717) is 0 Å². The normalized spacial score (nSPS) is 16.0. The third kappa shape index (κ3) is 4.94. The number of nitrogens with one attached hydrogen (secondary N) is 2. The summed E-state index contributed by atoms with van der Waals surface area (Å²) in [5, 5.41) is 14.3. The highest BCUT2D eigenvalue weighted by Crippen LogP contribution is 2.45. The summed E-state index contributed by atoms with van der Waals surface area (Å²) in [6.45, 7) is 0. The van der Waals surface area contributed by atoms with E-state index in [4.69, 9.17) is 13.8 Å². The lowest BCUT2D eigenvalue weighted by Gasteiger charge is -2.33. The molecule has 0 radical (unpaired) electrons. The molecule has 0 saturated heterocycles. The third-order valence-electron chi connectivity index (χ3n) is 10.8. The van der Waals surface area contributed by atoms with Crippen LogP contribution in [0, 0.1) is 0 Å². The molecule has 0 spiro atoms. The van der Waals surface area contributed by atoms with Gasteiger partial charge in [-0.05, 0) is 62.9 Å². The van der Waals surface area contributed by atoms with Crippen LogP contribution in [0.2, 0.25) is 0 Å². The second-order valence-electron chi connectivity index (χ2n) is 13.9. The summed E-state index contributed by atoms with van der Waals surface area (Å²) in [6.07, 6.45) is -0.422. The molecule has 0 aliphatic carbocycles. The van der Waals surface area contributed by atoms with Crippen LogP contribution in [0.4, 0.5) is 0 Å². The van der Waals surface area contributed by atoms with Gasteiger partial charge in [0.1, 0.15) is 40.5 Å². The van der Waals surface area contributed by atoms with E-state index >= 15 is 0 Å². The first-order chi connectivity index (χ1) is 26.8. The zero-order chi connectivity index (χ0) is 35.6.